The number of nitriles is 1. The van der Waals surface area contributed by atoms with Crippen molar-refractivity contribution in [1.82, 2.24) is 4.57 Å². The lowest BCUT2D eigenvalue weighted by molar-refractivity contribution is 0.0911. The van der Waals surface area contributed by atoms with Crippen molar-refractivity contribution in [2.45, 2.75) is 40.0 Å². The van der Waals surface area contributed by atoms with E-state index in [1.807, 2.05) is 38.1 Å². The van der Waals surface area contributed by atoms with Crippen LogP contribution in [-0.4, -0.2) is 10.4 Å². The molecule has 0 amide bonds. The van der Waals surface area contributed by atoms with E-state index >= 15 is 0 Å². The number of carbonyl (C=O) groups is 1. The van der Waals surface area contributed by atoms with Gasteiger partial charge in [0.25, 0.3) is 0 Å². The Morgan fingerprint density at radius 1 is 1.25 bits per heavy atom. The number of aromatic nitrogens is 1. The molecule has 0 saturated heterocycles. The van der Waals surface area contributed by atoms with Crippen LogP contribution in [0.2, 0.25) is 0 Å². The predicted octanol–water partition coefficient (Wildman–Crippen LogP) is 3.55. The van der Waals surface area contributed by atoms with Crippen LogP contribution in [0.5, 0.6) is 0 Å². The lowest BCUT2D eigenvalue weighted by Crippen LogP contribution is -2.33. The summed E-state index contributed by atoms with van der Waals surface area (Å²) in [5, 5.41) is 18.0. The Labute approximate surface area is 141 Å². The maximum Gasteiger partial charge on any atom is 0.165 e. The highest BCUT2D eigenvalue weighted by atomic mass is 16.1. The van der Waals surface area contributed by atoms with Gasteiger partial charge in [-0.1, -0.05) is 32.9 Å². The number of nitrogens with zero attached hydrogens (tertiary/aromatic N) is 2. The molecule has 0 aliphatic heterocycles. The molecule has 0 unspecified atom stereocenters. The lowest BCUT2D eigenvalue weighted by atomic mass is 9.73. The molecule has 0 saturated carbocycles. The molecule has 122 valence electrons. The first-order chi connectivity index (χ1) is 11.4. The first-order valence-corrected chi connectivity index (χ1v) is 8.22. The quantitative estimate of drug-likeness (QED) is 0.919. The molecule has 4 nitrogen and oxygen atoms in total. The highest BCUT2D eigenvalue weighted by Crippen LogP contribution is 2.35. The van der Waals surface area contributed by atoms with E-state index in [2.05, 4.69) is 13.0 Å². The van der Waals surface area contributed by atoms with Crippen LogP contribution in [0.4, 0.5) is 0 Å². The molecule has 1 aliphatic carbocycles. The SMILES string of the molecule is CCc1ccc(-n2cc3c(c(C#N)c2=N)CC(C)(C)CC3=O)cc1. The smallest absolute Gasteiger partial charge is 0.165 e. The van der Waals surface area contributed by atoms with Gasteiger partial charge in [0.05, 0.1) is 5.56 Å². The van der Waals surface area contributed by atoms with Gasteiger partial charge in [0.15, 0.2) is 5.78 Å². The number of fused-ring (bicyclic) bond motifs is 1. The third-order valence-corrected chi connectivity index (χ3v) is 4.69. The van der Waals surface area contributed by atoms with E-state index in [9.17, 15) is 10.1 Å². The molecule has 0 atom stereocenters. The van der Waals surface area contributed by atoms with Crippen molar-refractivity contribution in [2.24, 2.45) is 5.41 Å². The molecule has 0 bridgehead atoms. The molecule has 1 N–H and O–H groups in total. The minimum Gasteiger partial charge on any atom is -0.300 e. The number of Topliss-reactive ketones (excluding diaryl/α,β-unsaturated/α-hetero) is 1. The minimum atomic E-state index is -0.170. The summed E-state index contributed by atoms with van der Waals surface area (Å²) in [6, 6.07) is 10.0. The summed E-state index contributed by atoms with van der Waals surface area (Å²) in [7, 11) is 0. The van der Waals surface area contributed by atoms with Gasteiger partial charge in [0.1, 0.15) is 11.6 Å². The van der Waals surface area contributed by atoms with Crippen LogP contribution in [0.3, 0.4) is 0 Å². The lowest BCUT2D eigenvalue weighted by Gasteiger charge is -2.31. The first-order valence-electron chi connectivity index (χ1n) is 8.22. The molecule has 0 spiro atoms. The number of aryl methyl sites for hydroxylation is 1. The maximum atomic E-state index is 12.6. The van der Waals surface area contributed by atoms with Crippen LogP contribution in [0.1, 0.15) is 54.2 Å². The van der Waals surface area contributed by atoms with Gasteiger partial charge in [-0.15, -0.1) is 0 Å². The molecule has 3 rings (SSSR count). The molecule has 1 aromatic carbocycles. The van der Waals surface area contributed by atoms with Gasteiger partial charge in [-0.3, -0.25) is 10.2 Å². The van der Waals surface area contributed by atoms with E-state index in [-0.39, 0.29) is 16.7 Å². The molecule has 1 aromatic heterocycles. The van der Waals surface area contributed by atoms with E-state index in [0.29, 0.717) is 24.0 Å². The molecule has 1 heterocycles. The van der Waals surface area contributed by atoms with Crippen molar-refractivity contribution in [1.29, 1.82) is 10.7 Å². The zero-order chi connectivity index (χ0) is 17.5. The van der Waals surface area contributed by atoms with Crippen molar-refractivity contribution < 1.29 is 4.79 Å². The molecular weight excluding hydrogens is 298 g/mol. The van der Waals surface area contributed by atoms with Gasteiger partial charge < -0.3 is 4.57 Å². The molecule has 4 heteroatoms. The zero-order valence-electron chi connectivity index (χ0n) is 14.3. The number of benzene rings is 1. The first kappa shape index (κ1) is 16.2. The average Bonchev–Trinajstić information content (AvgIpc) is 2.54. The Bertz CT molecular complexity index is 912. The third kappa shape index (κ3) is 2.67. The van der Waals surface area contributed by atoms with Crippen molar-refractivity contribution in [3.05, 3.63) is 58.2 Å². The van der Waals surface area contributed by atoms with E-state index in [0.717, 1.165) is 17.7 Å². The van der Waals surface area contributed by atoms with Crippen molar-refractivity contribution in [3.8, 4) is 11.8 Å². The second-order valence-electron chi connectivity index (χ2n) is 7.19. The summed E-state index contributed by atoms with van der Waals surface area (Å²) in [5.74, 6) is 0.0525. The molecule has 0 fully saturated rings. The molecule has 0 radical (unpaired) electrons. The number of pyridine rings is 1. The zero-order valence-corrected chi connectivity index (χ0v) is 14.3. The van der Waals surface area contributed by atoms with E-state index in [4.69, 9.17) is 5.41 Å². The van der Waals surface area contributed by atoms with Crippen LogP contribution in [0, 0.1) is 22.2 Å². The molecule has 1 aliphatic rings. The van der Waals surface area contributed by atoms with Gasteiger partial charge in [-0.25, -0.2) is 0 Å². The molecular formula is C20H21N3O. The summed E-state index contributed by atoms with van der Waals surface area (Å²) >= 11 is 0. The summed E-state index contributed by atoms with van der Waals surface area (Å²) < 4.78 is 1.65. The Balaban J connectivity index is 2.24. The van der Waals surface area contributed by atoms with Gasteiger partial charge >= 0.3 is 0 Å². The Morgan fingerprint density at radius 3 is 2.50 bits per heavy atom. The maximum absolute atomic E-state index is 12.6. The average molecular weight is 319 g/mol. The Hall–Kier alpha value is -2.67. The number of hydrogen-bond donors (Lipinski definition) is 1. The number of nitrogens with one attached hydrogen (secondary N) is 1. The van der Waals surface area contributed by atoms with Crippen LogP contribution in [0.25, 0.3) is 5.69 Å². The second-order valence-corrected chi connectivity index (χ2v) is 7.19. The highest BCUT2D eigenvalue weighted by Gasteiger charge is 2.33. The monoisotopic (exact) mass is 319 g/mol. The van der Waals surface area contributed by atoms with E-state index in [1.165, 1.54) is 5.56 Å². The van der Waals surface area contributed by atoms with Crippen LogP contribution >= 0.6 is 0 Å². The van der Waals surface area contributed by atoms with Gasteiger partial charge in [-0.05, 0) is 41.5 Å². The standard InChI is InChI=1S/C20H21N3O/c1-4-13-5-7-14(8-6-13)23-12-17-15(16(11-21)19(23)22)9-20(2,3)10-18(17)24/h5-8,12,22H,4,9-10H2,1-3H3. The van der Waals surface area contributed by atoms with Crippen molar-refractivity contribution in [2.75, 3.05) is 0 Å². The number of carbonyl (C=O) groups excluding carboxylic acids is 1. The van der Waals surface area contributed by atoms with Crippen molar-refractivity contribution >= 4 is 5.78 Å². The Kier molecular flexibility index (Phi) is 3.88. The van der Waals surface area contributed by atoms with E-state index < -0.39 is 0 Å². The predicted molar refractivity (Wildman–Crippen MR) is 92.1 cm³/mol. The number of hydrogen-bond acceptors (Lipinski definition) is 3. The minimum absolute atomic E-state index is 0.0525. The fourth-order valence-electron chi connectivity index (χ4n) is 3.38. The van der Waals surface area contributed by atoms with Crippen molar-refractivity contribution in [3.63, 3.8) is 0 Å². The van der Waals surface area contributed by atoms with Crippen LogP contribution in [0.15, 0.2) is 30.5 Å². The van der Waals surface area contributed by atoms with Gasteiger partial charge in [0, 0.05) is 23.9 Å². The summed E-state index contributed by atoms with van der Waals surface area (Å²) in [4.78, 5) is 12.6. The highest BCUT2D eigenvalue weighted by molar-refractivity contribution is 5.99. The third-order valence-electron chi connectivity index (χ3n) is 4.69. The topological polar surface area (TPSA) is 69.6 Å². The number of ketones is 1. The van der Waals surface area contributed by atoms with Crippen LogP contribution < -0.4 is 5.49 Å². The van der Waals surface area contributed by atoms with Crippen LogP contribution in [-0.2, 0) is 12.8 Å². The fourth-order valence-corrected chi connectivity index (χ4v) is 3.38. The summed E-state index contributed by atoms with van der Waals surface area (Å²) in [6.45, 7) is 6.15. The van der Waals surface area contributed by atoms with Gasteiger partial charge in [0.2, 0.25) is 0 Å². The number of rotatable bonds is 2. The normalized spacial score (nSPS) is 15.7. The second kappa shape index (κ2) is 5.76. The molecule has 24 heavy (non-hydrogen) atoms. The molecule has 2 aromatic rings. The fraction of sp³-hybridized carbons (Fsp3) is 0.350. The van der Waals surface area contributed by atoms with E-state index in [1.54, 1.807) is 10.8 Å². The summed E-state index contributed by atoms with van der Waals surface area (Å²) in [5.41, 5.74) is 3.61. The summed E-state index contributed by atoms with van der Waals surface area (Å²) in [6.07, 6.45) is 3.80. The van der Waals surface area contributed by atoms with Gasteiger partial charge in [-0.2, -0.15) is 5.26 Å². The Morgan fingerprint density at radius 2 is 1.92 bits per heavy atom. The largest absolute Gasteiger partial charge is 0.300 e.